The zero-order valence-corrected chi connectivity index (χ0v) is 16.9. The summed E-state index contributed by atoms with van der Waals surface area (Å²) in [6.07, 6.45) is 2.17. The third kappa shape index (κ3) is 5.54. The molecule has 1 aliphatic heterocycles. The van der Waals surface area contributed by atoms with Gasteiger partial charge in [-0.1, -0.05) is 30.0 Å². The molecule has 0 aliphatic carbocycles. The molecule has 1 fully saturated rings. The van der Waals surface area contributed by atoms with E-state index in [-0.39, 0.29) is 24.2 Å². The van der Waals surface area contributed by atoms with Gasteiger partial charge < -0.3 is 10.1 Å². The number of morpholine rings is 1. The SMILES string of the molecule is CC1CN(C(C)CNC(=O)c2cccnc2Sc2ccccc2)CC(C)O1. The van der Waals surface area contributed by atoms with Crippen LogP contribution in [0, 0.1) is 0 Å². The van der Waals surface area contributed by atoms with Gasteiger partial charge in [-0.05, 0) is 45.0 Å². The number of hydrogen-bond donors (Lipinski definition) is 1. The Balaban J connectivity index is 1.61. The number of nitrogens with zero attached hydrogens (tertiary/aromatic N) is 2. The lowest BCUT2D eigenvalue weighted by molar-refractivity contribution is -0.0778. The highest BCUT2D eigenvalue weighted by atomic mass is 32.2. The zero-order valence-electron chi connectivity index (χ0n) is 16.1. The lowest BCUT2D eigenvalue weighted by atomic mass is 10.1. The minimum absolute atomic E-state index is 0.0808. The molecule has 1 aromatic carbocycles. The van der Waals surface area contributed by atoms with E-state index in [0.717, 1.165) is 23.0 Å². The van der Waals surface area contributed by atoms with E-state index >= 15 is 0 Å². The summed E-state index contributed by atoms with van der Waals surface area (Å²) in [6.45, 7) is 8.72. The van der Waals surface area contributed by atoms with Crippen molar-refractivity contribution < 1.29 is 9.53 Å². The zero-order chi connectivity index (χ0) is 19.2. The third-order valence-electron chi connectivity index (χ3n) is 4.60. The van der Waals surface area contributed by atoms with Crippen LogP contribution in [0.15, 0.2) is 58.6 Å². The fraction of sp³-hybridized carbons (Fsp3) is 0.429. The first-order valence-electron chi connectivity index (χ1n) is 9.38. The molecule has 2 heterocycles. The number of nitrogens with one attached hydrogen (secondary N) is 1. The molecular formula is C21H27N3O2S. The molecule has 1 N–H and O–H groups in total. The van der Waals surface area contributed by atoms with Crippen LogP contribution in [0.1, 0.15) is 31.1 Å². The number of hydrogen-bond acceptors (Lipinski definition) is 5. The molecule has 0 saturated carbocycles. The Labute approximate surface area is 165 Å². The molecule has 1 saturated heterocycles. The normalized spacial score (nSPS) is 21.6. The average molecular weight is 386 g/mol. The lowest BCUT2D eigenvalue weighted by Gasteiger charge is -2.39. The minimum Gasteiger partial charge on any atom is -0.373 e. The van der Waals surface area contributed by atoms with Gasteiger partial charge in [-0.15, -0.1) is 0 Å². The molecule has 6 heteroatoms. The van der Waals surface area contributed by atoms with Gasteiger partial charge in [-0.3, -0.25) is 9.69 Å². The van der Waals surface area contributed by atoms with Crippen molar-refractivity contribution in [3.63, 3.8) is 0 Å². The Hall–Kier alpha value is -1.89. The average Bonchev–Trinajstić information content (AvgIpc) is 2.66. The van der Waals surface area contributed by atoms with Crippen molar-refractivity contribution in [3.8, 4) is 0 Å². The third-order valence-corrected chi connectivity index (χ3v) is 5.63. The van der Waals surface area contributed by atoms with E-state index in [0.29, 0.717) is 12.1 Å². The van der Waals surface area contributed by atoms with Crippen LogP contribution in [0.2, 0.25) is 0 Å². The van der Waals surface area contributed by atoms with E-state index in [9.17, 15) is 4.79 Å². The molecule has 0 radical (unpaired) electrons. The van der Waals surface area contributed by atoms with Gasteiger partial charge in [0.2, 0.25) is 0 Å². The number of benzene rings is 1. The molecule has 0 bridgehead atoms. The maximum atomic E-state index is 12.8. The van der Waals surface area contributed by atoms with Crippen molar-refractivity contribution in [1.29, 1.82) is 0 Å². The number of carbonyl (C=O) groups excluding carboxylic acids is 1. The van der Waals surface area contributed by atoms with Gasteiger partial charge >= 0.3 is 0 Å². The molecule has 3 rings (SSSR count). The van der Waals surface area contributed by atoms with Crippen molar-refractivity contribution in [1.82, 2.24) is 15.2 Å². The predicted octanol–water partition coefficient (Wildman–Crippen LogP) is 3.46. The predicted molar refractivity (Wildman–Crippen MR) is 108 cm³/mol. The Bertz CT molecular complexity index is 746. The molecule has 0 spiro atoms. The summed E-state index contributed by atoms with van der Waals surface area (Å²) >= 11 is 1.51. The highest BCUT2D eigenvalue weighted by Gasteiger charge is 2.26. The number of aromatic nitrogens is 1. The molecule has 2 aromatic rings. The first-order valence-corrected chi connectivity index (χ1v) is 10.2. The fourth-order valence-corrected chi connectivity index (χ4v) is 4.19. The Morgan fingerprint density at radius 1 is 1.22 bits per heavy atom. The van der Waals surface area contributed by atoms with Crippen LogP contribution in [-0.2, 0) is 4.74 Å². The van der Waals surface area contributed by atoms with Gasteiger partial charge in [0, 0.05) is 36.8 Å². The highest BCUT2D eigenvalue weighted by molar-refractivity contribution is 7.99. The summed E-state index contributed by atoms with van der Waals surface area (Å²) in [5.74, 6) is -0.0808. The number of amides is 1. The monoisotopic (exact) mass is 385 g/mol. The Morgan fingerprint density at radius 2 is 1.93 bits per heavy atom. The molecule has 1 aliphatic rings. The first-order chi connectivity index (χ1) is 13.0. The molecule has 144 valence electrons. The molecule has 1 aromatic heterocycles. The smallest absolute Gasteiger partial charge is 0.254 e. The van der Waals surface area contributed by atoms with E-state index in [1.807, 2.05) is 36.4 Å². The maximum absolute atomic E-state index is 12.8. The van der Waals surface area contributed by atoms with Crippen molar-refractivity contribution in [2.45, 2.75) is 48.9 Å². The largest absolute Gasteiger partial charge is 0.373 e. The van der Waals surface area contributed by atoms with Gasteiger partial charge in [0.15, 0.2) is 0 Å². The summed E-state index contributed by atoms with van der Waals surface area (Å²) in [5, 5.41) is 3.80. The van der Waals surface area contributed by atoms with Crippen LogP contribution in [0.5, 0.6) is 0 Å². The maximum Gasteiger partial charge on any atom is 0.254 e. The molecule has 3 atom stereocenters. The number of carbonyl (C=O) groups is 1. The molecule has 27 heavy (non-hydrogen) atoms. The van der Waals surface area contributed by atoms with Gasteiger partial charge in [0.1, 0.15) is 5.03 Å². The summed E-state index contributed by atoms with van der Waals surface area (Å²) in [5.41, 5.74) is 0.613. The second kappa shape index (κ2) is 9.35. The van der Waals surface area contributed by atoms with Gasteiger partial charge in [0.05, 0.1) is 17.8 Å². The van der Waals surface area contributed by atoms with Crippen LogP contribution >= 0.6 is 11.8 Å². The van der Waals surface area contributed by atoms with E-state index in [1.165, 1.54) is 11.8 Å². The van der Waals surface area contributed by atoms with Crippen LogP contribution in [0.4, 0.5) is 0 Å². The number of rotatable bonds is 6. The standard InChI is InChI=1S/C21H27N3O2S/c1-15(24-13-16(2)26-17(3)14-24)12-23-20(25)19-10-7-11-22-21(19)27-18-8-5-4-6-9-18/h4-11,15-17H,12-14H2,1-3H3,(H,23,25). The van der Waals surface area contributed by atoms with Crippen molar-refractivity contribution >= 4 is 17.7 Å². The van der Waals surface area contributed by atoms with Gasteiger partial charge in [-0.25, -0.2) is 4.98 Å². The van der Waals surface area contributed by atoms with E-state index in [2.05, 4.69) is 36.0 Å². The first kappa shape index (κ1) is 19.9. The van der Waals surface area contributed by atoms with Crippen LogP contribution in [-0.4, -0.2) is 53.7 Å². The summed E-state index contributed by atoms with van der Waals surface area (Å²) in [4.78, 5) is 20.6. The fourth-order valence-electron chi connectivity index (χ4n) is 3.29. The molecular weight excluding hydrogens is 358 g/mol. The number of ether oxygens (including phenoxy) is 1. The van der Waals surface area contributed by atoms with Gasteiger partial charge in [0.25, 0.3) is 5.91 Å². The van der Waals surface area contributed by atoms with E-state index < -0.39 is 0 Å². The summed E-state index contributed by atoms with van der Waals surface area (Å²) < 4.78 is 5.79. The van der Waals surface area contributed by atoms with Crippen molar-refractivity contribution in [3.05, 3.63) is 54.2 Å². The topological polar surface area (TPSA) is 54.5 Å². The van der Waals surface area contributed by atoms with Crippen LogP contribution < -0.4 is 5.32 Å². The van der Waals surface area contributed by atoms with Crippen molar-refractivity contribution in [2.75, 3.05) is 19.6 Å². The minimum atomic E-state index is -0.0808. The highest BCUT2D eigenvalue weighted by Crippen LogP contribution is 2.28. The second-order valence-corrected chi connectivity index (χ2v) is 8.10. The summed E-state index contributed by atoms with van der Waals surface area (Å²) in [7, 11) is 0. The molecule has 1 amide bonds. The van der Waals surface area contributed by atoms with Crippen LogP contribution in [0.3, 0.4) is 0 Å². The van der Waals surface area contributed by atoms with E-state index in [1.54, 1.807) is 12.3 Å². The van der Waals surface area contributed by atoms with E-state index in [4.69, 9.17) is 4.74 Å². The Kier molecular flexibility index (Phi) is 6.88. The van der Waals surface area contributed by atoms with Crippen LogP contribution in [0.25, 0.3) is 0 Å². The summed E-state index contributed by atoms with van der Waals surface area (Å²) in [6, 6.07) is 13.9. The molecule has 3 unspecified atom stereocenters. The Morgan fingerprint density at radius 3 is 2.63 bits per heavy atom. The number of pyridine rings is 1. The second-order valence-electron chi connectivity index (χ2n) is 7.04. The lowest BCUT2D eigenvalue weighted by Crippen LogP contribution is -2.52. The van der Waals surface area contributed by atoms with Gasteiger partial charge in [-0.2, -0.15) is 0 Å². The molecule has 5 nitrogen and oxygen atoms in total. The van der Waals surface area contributed by atoms with Crippen molar-refractivity contribution in [2.24, 2.45) is 0 Å². The quantitative estimate of drug-likeness (QED) is 0.825.